The summed E-state index contributed by atoms with van der Waals surface area (Å²) in [4.78, 5) is 16.2. The highest BCUT2D eigenvalue weighted by Gasteiger charge is 2.25. The minimum Gasteiger partial charge on any atom is -0.403 e. The molecule has 0 bridgehead atoms. The summed E-state index contributed by atoms with van der Waals surface area (Å²) in [6.07, 6.45) is 1.45. The first-order valence-electron chi connectivity index (χ1n) is 10.5. The Kier molecular flexibility index (Phi) is 5.27. The van der Waals surface area contributed by atoms with Gasteiger partial charge in [-0.25, -0.2) is 13.2 Å². The minimum atomic E-state index is -0.769. The molecule has 10 heteroatoms. The molecule has 0 spiro atoms. The van der Waals surface area contributed by atoms with Gasteiger partial charge < -0.3 is 19.6 Å². The zero-order valence-corrected chi connectivity index (χ0v) is 17.7. The molecular formula is C23H20F3N5O2. The second-order valence-electron chi connectivity index (χ2n) is 8.03. The first kappa shape index (κ1) is 21.0. The van der Waals surface area contributed by atoms with Crippen LogP contribution >= 0.6 is 0 Å². The molecule has 2 aromatic carbocycles. The van der Waals surface area contributed by atoms with Crippen molar-refractivity contribution in [3.8, 4) is 22.7 Å². The lowest BCUT2D eigenvalue weighted by molar-refractivity contribution is -0.129. The van der Waals surface area contributed by atoms with Crippen LogP contribution < -0.4 is 5.32 Å². The third-order valence-electron chi connectivity index (χ3n) is 5.86. The van der Waals surface area contributed by atoms with Crippen molar-refractivity contribution in [3.63, 3.8) is 0 Å². The summed E-state index contributed by atoms with van der Waals surface area (Å²) in [5.41, 5.74) is 1.35. The van der Waals surface area contributed by atoms with Crippen LogP contribution in [0.1, 0.15) is 19.8 Å². The number of halogens is 3. The smallest absolute Gasteiger partial charge is 0.315 e. The molecule has 1 saturated heterocycles. The third-order valence-corrected chi connectivity index (χ3v) is 5.86. The molecule has 2 aromatic heterocycles. The Bertz CT molecular complexity index is 1320. The number of amides is 1. The van der Waals surface area contributed by atoms with Crippen molar-refractivity contribution in [1.82, 2.24) is 20.1 Å². The van der Waals surface area contributed by atoms with E-state index in [-0.39, 0.29) is 34.8 Å². The lowest BCUT2D eigenvalue weighted by Crippen LogP contribution is -2.41. The van der Waals surface area contributed by atoms with Crippen molar-refractivity contribution >= 4 is 22.8 Å². The van der Waals surface area contributed by atoms with Gasteiger partial charge in [0.15, 0.2) is 0 Å². The summed E-state index contributed by atoms with van der Waals surface area (Å²) < 4.78 is 47.8. The van der Waals surface area contributed by atoms with E-state index in [1.807, 2.05) is 0 Å². The van der Waals surface area contributed by atoms with E-state index in [1.54, 1.807) is 11.8 Å². The topological polar surface area (TPSA) is 87.0 Å². The summed E-state index contributed by atoms with van der Waals surface area (Å²) in [5.74, 6) is -1.83. The fourth-order valence-corrected chi connectivity index (χ4v) is 4.17. The number of fused-ring (bicyclic) bond motifs is 1. The number of aromatic nitrogens is 3. The van der Waals surface area contributed by atoms with Crippen LogP contribution in [0.25, 0.3) is 33.6 Å². The number of H-pyrrole nitrogens is 1. The number of carbonyl (C=O) groups is 1. The van der Waals surface area contributed by atoms with Crippen molar-refractivity contribution in [2.75, 3.05) is 18.4 Å². The van der Waals surface area contributed by atoms with E-state index in [0.29, 0.717) is 29.9 Å². The van der Waals surface area contributed by atoms with Crippen LogP contribution in [0.2, 0.25) is 0 Å². The second-order valence-corrected chi connectivity index (χ2v) is 8.03. The lowest BCUT2D eigenvalue weighted by atomic mass is 10.0. The van der Waals surface area contributed by atoms with Crippen LogP contribution in [0.4, 0.5) is 19.2 Å². The molecule has 0 radical (unpaired) electrons. The summed E-state index contributed by atoms with van der Waals surface area (Å²) in [7, 11) is 0. The molecule has 1 amide bonds. The molecule has 7 nitrogen and oxygen atoms in total. The number of hydrogen-bond acceptors (Lipinski definition) is 5. The Morgan fingerprint density at radius 3 is 2.52 bits per heavy atom. The number of anilines is 1. The van der Waals surface area contributed by atoms with Gasteiger partial charge in [-0.15, -0.1) is 5.10 Å². The number of aromatic amines is 1. The number of nitrogens with one attached hydrogen (secondary N) is 2. The van der Waals surface area contributed by atoms with E-state index >= 15 is 0 Å². The van der Waals surface area contributed by atoms with Gasteiger partial charge in [-0.1, -0.05) is 5.10 Å². The molecule has 3 heterocycles. The largest absolute Gasteiger partial charge is 0.403 e. The molecule has 1 aliphatic rings. The Morgan fingerprint density at radius 1 is 1.09 bits per heavy atom. The fraction of sp³-hybridized carbons (Fsp3) is 0.261. The molecule has 0 aliphatic carbocycles. The van der Waals surface area contributed by atoms with Gasteiger partial charge in [-0.2, -0.15) is 0 Å². The highest BCUT2D eigenvalue weighted by molar-refractivity contribution is 6.02. The molecule has 170 valence electrons. The number of carbonyl (C=O) groups excluding carboxylic acids is 1. The lowest BCUT2D eigenvalue weighted by Gasteiger charge is -2.31. The van der Waals surface area contributed by atoms with Crippen LogP contribution in [0.5, 0.6) is 0 Å². The minimum absolute atomic E-state index is 0.0423. The molecular weight excluding hydrogens is 435 g/mol. The molecule has 0 saturated carbocycles. The predicted molar refractivity (Wildman–Crippen MR) is 116 cm³/mol. The summed E-state index contributed by atoms with van der Waals surface area (Å²) in [6, 6.07) is 7.78. The van der Waals surface area contributed by atoms with E-state index in [4.69, 9.17) is 4.42 Å². The Labute approximate surface area is 186 Å². The maximum absolute atomic E-state index is 14.5. The fourth-order valence-electron chi connectivity index (χ4n) is 4.17. The highest BCUT2D eigenvalue weighted by atomic mass is 19.1. The number of hydrogen-bond donors (Lipinski definition) is 2. The molecule has 2 N–H and O–H groups in total. The third kappa shape index (κ3) is 4.04. The van der Waals surface area contributed by atoms with Gasteiger partial charge in [0.05, 0.1) is 16.8 Å². The molecule has 0 unspecified atom stereocenters. The van der Waals surface area contributed by atoms with E-state index in [2.05, 4.69) is 20.5 Å². The average molecular weight is 455 g/mol. The molecule has 4 aromatic rings. The average Bonchev–Trinajstić information content (AvgIpc) is 3.39. The number of nitrogens with zero attached hydrogens (tertiary/aromatic N) is 3. The molecule has 1 fully saturated rings. The van der Waals surface area contributed by atoms with Gasteiger partial charge >= 0.3 is 6.01 Å². The van der Waals surface area contributed by atoms with Crippen molar-refractivity contribution < 1.29 is 22.4 Å². The predicted octanol–water partition coefficient (Wildman–Crippen LogP) is 4.73. The van der Waals surface area contributed by atoms with Gasteiger partial charge in [0.2, 0.25) is 5.91 Å². The number of piperidine rings is 1. The highest BCUT2D eigenvalue weighted by Crippen LogP contribution is 2.39. The Morgan fingerprint density at radius 2 is 1.82 bits per heavy atom. The zero-order valence-electron chi connectivity index (χ0n) is 17.7. The number of benzene rings is 2. The van der Waals surface area contributed by atoms with E-state index < -0.39 is 17.5 Å². The van der Waals surface area contributed by atoms with Gasteiger partial charge in [-0.3, -0.25) is 4.79 Å². The monoisotopic (exact) mass is 455 g/mol. The van der Waals surface area contributed by atoms with E-state index in [1.165, 1.54) is 30.3 Å². The van der Waals surface area contributed by atoms with Crippen molar-refractivity contribution in [1.29, 1.82) is 0 Å². The van der Waals surface area contributed by atoms with Crippen LogP contribution in [0.15, 0.2) is 40.8 Å². The molecule has 33 heavy (non-hydrogen) atoms. The molecule has 5 rings (SSSR count). The number of likely N-dealkylation sites (tertiary alicyclic amines) is 1. The standard InChI is InChI=1S/C23H20F3N5O2/c1-12(32)31-8-6-16(7-9-31)27-23-30-29-22(33-23)19-17-10-15(25)11-18(26)21(17)28-20(19)13-2-4-14(24)5-3-13/h2-5,10-11,16,28H,6-9H2,1H3,(H,27,30). The quantitative estimate of drug-likeness (QED) is 0.465. The van der Waals surface area contributed by atoms with Crippen LogP contribution in [0.3, 0.4) is 0 Å². The first-order valence-corrected chi connectivity index (χ1v) is 10.5. The zero-order chi connectivity index (χ0) is 23.1. The van der Waals surface area contributed by atoms with Gasteiger partial charge in [0.1, 0.15) is 17.5 Å². The van der Waals surface area contributed by atoms with E-state index in [0.717, 1.165) is 18.9 Å². The number of rotatable bonds is 4. The van der Waals surface area contributed by atoms with Gasteiger partial charge in [-0.05, 0) is 48.7 Å². The van der Waals surface area contributed by atoms with Crippen molar-refractivity contribution in [2.45, 2.75) is 25.8 Å². The van der Waals surface area contributed by atoms with Crippen LogP contribution in [-0.2, 0) is 4.79 Å². The van der Waals surface area contributed by atoms with Crippen LogP contribution in [-0.4, -0.2) is 45.1 Å². The maximum atomic E-state index is 14.5. The Hall–Kier alpha value is -3.82. The van der Waals surface area contributed by atoms with E-state index in [9.17, 15) is 18.0 Å². The molecule has 1 aliphatic heterocycles. The summed E-state index contributed by atoms with van der Waals surface area (Å²) >= 11 is 0. The van der Waals surface area contributed by atoms with Crippen molar-refractivity contribution in [2.24, 2.45) is 0 Å². The molecule has 0 atom stereocenters. The van der Waals surface area contributed by atoms with Gasteiger partial charge in [0.25, 0.3) is 5.89 Å². The SMILES string of the molecule is CC(=O)N1CCC(Nc2nnc(-c3c(-c4ccc(F)cc4)[nH]c4c(F)cc(F)cc34)o2)CC1. The first-order chi connectivity index (χ1) is 15.9. The van der Waals surface area contributed by atoms with Crippen molar-refractivity contribution in [3.05, 3.63) is 53.8 Å². The Balaban J connectivity index is 1.51. The van der Waals surface area contributed by atoms with Crippen LogP contribution in [0, 0.1) is 17.5 Å². The van der Waals surface area contributed by atoms with Gasteiger partial charge in [0, 0.05) is 37.5 Å². The second kappa shape index (κ2) is 8.27. The maximum Gasteiger partial charge on any atom is 0.315 e. The summed E-state index contributed by atoms with van der Waals surface area (Å²) in [5, 5.41) is 11.6. The normalized spacial score (nSPS) is 14.7. The summed E-state index contributed by atoms with van der Waals surface area (Å²) in [6.45, 7) is 2.80.